The highest BCUT2D eigenvalue weighted by atomic mass is 19.4. The lowest BCUT2D eigenvalue weighted by Crippen LogP contribution is -2.04. The van der Waals surface area contributed by atoms with Crippen molar-refractivity contribution in [3.05, 3.63) is 88.2 Å². The molecule has 0 amide bonds. The first-order valence-corrected chi connectivity index (χ1v) is 8.76. The van der Waals surface area contributed by atoms with Gasteiger partial charge in [0.25, 0.3) is 0 Å². The molecule has 5 heteroatoms. The van der Waals surface area contributed by atoms with E-state index in [-0.39, 0.29) is 11.1 Å². The summed E-state index contributed by atoms with van der Waals surface area (Å²) in [5.74, 6) is 0. The fourth-order valence-electron chi connectivity index (χ4n) is 3.30. The van der Waals surface area contributed by atoms with Crippen molar-refractivity contribution in [2.24, 2.45) is 0 Å². The molecule has 0 aliphatic carbocycles. The summed E-state index contributed by atoms with van der Waals surface area (Å²) in [7, 11) is 0. The van der Waals surface area contributed by atoms with Gasteiger partial charge in [-0.15, -0.1) is 0 Å². The van der Waals surface area contributed by atoms with E-state index in [1.165, 1.54) is 12.1 Å². The molecule has 2 aromatic carbocycles. The molecule has 142 valence electrons. The highest BCUT2D eigenvalue weighted by Gasteiger charge is 2.30. The molecule has 0 atom stereocenters. The van der Waals surface area contributed by atoms with Crippen molar-refractivity contribution in [1.82, 2.24) is 4.57 Å². The second-order valence-corrected chi connectivity index (χ2v) is 6.75. The summed E-state index contributed by atoms with van der Waals surface area (Å²) in [6.07, 6.45) is -2.80. The van der Waals surface area contributed by atoms with Crippen LogP contribution < -0.4 is 0 Å². The summed E-state index contributed by atoms with van der Waals surface area (Å²) >= 11 is 0. The van der Waals surface area contributed by atoms with Crippen molar-refractivity contribution in [3.8, 4) is 11.8 Å². The number of rotatable bonds is 3. The van der Waals surface area contributed by atoms with Gasteiger partial charge in [-0.05, 0) is 73.9 Å². The van der Waals surface area contributed by atoms with Crippen LogP contribution in [0.2, 0.25) is 0 Å². The smallest absolute Gasteiger partial charge is 0.318 e. The quantitative estimate of drug-likeness (QED) is 0.478. The number of halogens is 3. The lowest BCUT2D eigenvalue weighted by atomic mass is 10.0. The molecule has 1 aromatic heterocycles. The van der Waals surface area contributed by atoms with Gasteiger partial charge in [-0.3, -0.25) is 0 Å². The van der Waals surface area contributed by atoms with Crippen molar-refractivity contribution >= 4 is 11.6 Å². The Morgan fingerprint density at radius 1 is 1.00 bits per heavy atom. The number of aromatic nitrogens is 1. The lowest BCUT2D eigenvalue weighted by Gasteiger charge is -2.10. The van der Waals surface area contributed by atoms with Crippen molar-refractivity contribution in [2.75, 3.05) is 0 Å². The molecule has 0 saturated carbocycles. The van der Waals surface area contributed by atoms with Crippen LogP contribution in [0, 0.1) is 32.1 Å². The number of hydrogen-bond acceptors (Lipinski definition) is 1. The molecule has 0 spiro atoms. The molecule has 1 heterocycles. The first-order chi connectivity index (χ1) is 13.2. The van der Waals surface area contributed by atoms with Crippen molar-refractivity contribution < 1.29 is 13.2 Å². The molecule has 0 aliphatic rings. The number of nitrogens with zero attached hydrogens (tertiary/aromatic N) is 2. The normalized spacial score (nSPS) is 12.1. The summed E-state index contributed by atoms with van der Waals surface area (Å²) in [6.45, 7) is 5.91. The zero-order valence-electron chi connectivity index (χ0n) is 15.8. The van der Waals surface area contributed by atoms with Crippen molar-refractivity contribution in [2.45, 2.75) is 26.9 Å². The summed E-state index contributed by atoms with van der Waals surface area (Å²) in [5.41, 5.74) is 4.51. The van der Waals surface area contributed by atoms with E-state index in [2.05, 4.69) is 10.6 Å². The number of allylic oxidation sites excluding steroid dienone is 1. The SMILES string of the molecule is Cc1cccc(-n2c(C)cc(/C=C(/C#N)c3cccc(C(F)(F)F)c3)c2C)c1. The van der Waals surface area contributed by atoms with Gasteiger partial charge in [0.15, 0.2) is 0 Å². The number of alkyl halides is 3. The van der Waals surface area contributed by atoms with Crippen molar-refractivity contribution in [3.63, 3.8) is 0 Å². The molecule has 0 radical (unpaired) electrons. The minimum Gasteiger partial charge on any atom is -0.318 e. The minimum absolute atomic E-state index is 0.190. The van der Waals surface area contributed by atoms with E-state index in [0.29, 0.717) is 0 Å². The molecule has 0 bridgehead atoms. The van der Waals surface area contributed by atoms with Crippen LogP contribution >= 0.6 is 0 Å². The Balaban J connectivity index is 2.08. The second kappa shape index (κ2) is 7.40. The molecule has 0 aliphatic heterocycles. The zero-order chi connectivity index (χ0) is 20.5. The fourth-order valence-corrected chi connectivity index (χ4v) is 3.30. The van der Waals surface area contributed by atoms with Gasteiger partial charge in [0, 0.05) is 17.1 Å². The first kappa shape index (κ1) is 19.5. The van der Waals surface area contributed by atoms with E-state index in [4.69, 9.17) is 0 Å². The maximum absolute atomic E-state index is 13.0. The largest absolute Gasteiger partial charge is 0.416 e. The predicted molar refractivity (Wildman–Crippen MR) is 105 cm³/mol. The van der Waals surface area contributed by atoms with Gasteiger partial charge >= 0.3 is 6.18 Å². The topological polar surface area (TPSA) is 28.7 Å². The highest BCUT2D eigenvalue weighted by Crippen LogP contribution is 2.32. The van der Waals surface area contributed by atoms with Crippen LogP contribution in [0.15, 0.2) is 54.6 Å². The standard InChI is InChI=1S/C23H19F3N2/c1-15-6-4-9-22(10-15)28-16(2)11-19(17(28)3)12-20(14-27)18-7-5-8-21(13-18)23(24,25)26/h4-13H,1-3H3/b20-12-. The summed E-state index contributed by atoms with van der Waals surface area (Å²) < 4.78 is 41.1. The third kappa shape index (κ3) is 3.86. The minimum atomic E-state index is -4.45. The van der Waals surface area contributed by atoms with Crippen LogP contribution in [0.4, 0.5) is 13.2 Å². The molecular formula is C23H19F3N2. The van der Waals surface area contributed by atoms with E-state index in [9.17, 15) is 18.4 Å². The Labute approximate surface area is 162 Å². The van der Waals surface area contributed by atoms with Gasteiger partial charge in [0.05, 0.1) is 17.2 Å². The van der Waals surface area contributed by atoms with Gasteiger partial charge in [-0.25, -0.2) is 0 Å². The molecule has 28 heavy (non-hydrogen) atoms. The number of hydrogen-bond donors (Lipinski definition) is 0. The maximum atomic E-state index is 13.0. The summed E-state index contributed by atoms with van der Waals surface area (Å²) in [4.78, 5) is 0. The summed E-state index contributed by atoms with van der Waals surface area (Å²) in [5, 5.41) is 9.55. The second-order valence-electron chi connectivity index (χ2n) is 6.75. The van der Waals surface area contributed by atoms with E-state index < -0.39 is 11.7 Å². The van der Waals surface area contributed by atoms with Gasteiger partial charge < -0.3 is 4.57 Å². The first-order valence-electron chi connectivity index (χ1n) is 8.76. The lowest BCUT2D eigenvalue weighted by molar-refractivity contribution is -0.137. The predicted octanol–water partition coefficient (Wildman–Crippen LogP) is 6.49. The third-order valence-corrected chi connectivity index (χ3v) is 4.65. The van der Waals surface area contributed by atoms with Crippen LogP contribution in [0.1, 0.15) is 33.6 Å². The van der Waals surface area contributed by atoms with Crippen LogP contribution in [-0.2, 0) is 6.18 Å². The zero-order valence-corrected chi connectivity index (χ0v) is 15.8. The average Bonchev–Trinajstić information content (AvgIpc) is 2.92. The average molecular weight is 380 g/mol. The fraction of sp³-hybridized carbons (Fsp3) is 0.174. The van der Waals surface area contributed by atoms with Crippen LogP contribution in [0.25, 0.3) is 17.3 Å². The third-order valence-electron chi connectivity index (χ3n) is 4.65. The van der Waals surface area contributed by atoms with Crippen LogP contribution in [0.3, 0.4) is 0 Å². The van der Waals surface area contributed by atoms with Crippen molar-refractivity contribution in [1.29, 1.82) is 5.26 Å². The Morgan fingerprint density at radius 2 is 1.71 bits per heavy atom. The van der Waals surface area contributed by atoms with E-state index in [1.807, 2.05) is 51.1 Å². The Morgan fingerprint density at radius 3 is 2.36 bits per heavy atom. The molecule has 0 fully saturated rings. The molecule has 0 saturated heterocycles. The Bertz CT molecular complexity index is 1100. The highest BCUT2D eigenvalue weighted by molar-refractivity contribution is 5.90. The van der Waals surface area contributed by atoms with E-state index in [1.54, 1.807) is 6.08 Å². The molecule has 3 rings (SSSR count). The Kier molecular flexibility index (Phi) is 5.15. The molecule has 3 aromatic rings. The van der Waals surface area contributed by atoms with Gasteiger partial charge in [-0.2, -0.15) is 18.4 Å². The van der Waals surface area contributed by atoms with Crippen LogP contribution in [0.5, 0.6) is 0 Å². The maximum Gasteiger partial charge on any atom is 0.416 e. The number of aryl methyl sites for hydroxylation is 2. The number of benzene rings is 2. The van der Waals surface area contributed by atoms with Gasteiger partial charge in [-0.1, -0.05) is 24.3 Å². The molecule has 0 N–H and O–H groups in total. The van der Waals surface area contributed by atoms with Crippen LogP contribution in [-0.4, -0.2) is 4.57 Å². The number of nitriles is 1. The summed E-state index contributed by atoms with van der Waals surface area (Å²) in [6, 6.07) is 16.9. The van der Waals surface area contributed by atoms with E-state index >= 15 is 0 Å². The molecule has 0 unspecified atom stereocenters. The van der Waals surface area contributed by atoms with Gasteiger partial charge in [0.1, 0.15) is 0 Å². The van der Waals surface area contributed by atoms with Gasteiger partial charge in [0.2, 0.25) is 0 Å². The molecule has 2 nitrogen and oxygen atoms in total. The monoisotopic (exact) mass is 380 g/mol. The Hall–Kier alpha value is -3.26. The van der Waals surface area contributed by atoms with E-state index in [0.717, 1.165) is 40.3 Å². The molecular weight excluding hydrogens is 361 g/mol.